The first kappa shape index (κ1) is 9.52. The standard InChI is InChI=1S/C6H12N2OS/c1-4-10-6(7-2)8-5-9-3/h4H,1,5H2,2-3H3,(H,7,8). The molecule has 0 fully saturated rings. The van der Waals surface area contributed by atoms with Crippen molar-refractivity contribution in [1.82, 2.24) is 5.32 Å². The summed E-state index contributed by atoms with van der Waals surface area (Å²) in [6.45, 7) is 4.04. The molecule has 3 nitrogen and oxygen atoms in total. The van der Waals surface area contributed by atoms with Crippen LogP contribution in [0.15, 0.2) is 17.0 Å². The second kappa shape index (κ2) is 6.64. The van der Waals surface area contributed by atoms with Crippen molar-refractivity contribution in [3.05, 3.63) is 12.0 Å². The fourth-order valence-corrected chi connectivity index (χ4v) is 0.792. The Balaban J connectivity index is 3.51. The van der Waals surface area contributed by atoms with Crippen LogP contribution in [0.3, 0.4) is 0 Å². The molecule has 0 aromatic heterocycles. The monoisotopic (exact) mass is 160 g/mol. The summed E-state index contributed by atoms with van der Waals surface area (Å²) >= 11 is 1.44. The highest BCUT2D eigenvalue weighted by Gasteiger charge is 1.91. The number of nitrogens with zero attached hydrogens (tertiary/aromatic N) is 1. The molecular formula is C6H12N2OS. The van der Waals surface area contributed by atoms with Crippen LogP contribution in [-0.2, 0) is 4.74 Å². The van der Waals surface area contributed by atoms with Crippen molar-refractivity contribution in [3.63, 3.8) is 0 Å². The predicted molar refractivity (Wildman–Crippen MR) is 46.2 cm³/mol. The maximum Gasteiger partial charge on any atom is 0.162 e. The number of thioether (sulfide) groups is 1. The molecule has 4 heteroatoms. The summed E-state index contributed by atoms with van der Waals surface area (Å²) in [6, 6.07) is 0. The van der Waals surface area contributed by atoms with Crippen molar-refractivity contribution >= 4 is 16.9 Å². The van der Waals surface area contributed by atoms with E-state index >= 15 is 0 Å². The first-order chi connectivity index (χ1) is 4.85. The van der Waals surface area contributed by atoms with E-state index in [0.717, 1.165) is 5.17 Å². The molecule has 0 aliphatic heterocycles. The summed E-state index contributed by atoms with van der Waals surface area (Å²) in [5.41, 5.74) is 0. The van der Waals surface area contributed by atoms with E-state index in [9.17, 15) is 0 Å². The smallest absolute Gasteiger partial charge is 0.162 e. The zero-order valence-corrected chi connectivity index (χ0v) is 7.07. The largest absolute Gasteiger partial charge is 0.365 e. The Morgan fingerprint density at radius 2 is 2.60 bits per heavy atom. The van der Waals surface area contributed by atoms with Gasteiger partial charge in [-0.3, -0.25) is 4.99 Å². The number of rotatable bonds is 3. The Kier molecular flexibility index (Phi) is 6.32. The van der Waals surface area contributed by atoms with Gasteiger partial charge in [0, 0.05) is 14.2 Å². The van der Waals surface area contributed by atoms with Gasteiger partial charge < -0.3 is 10.1 Å². The van der Waals surface area contributed by atoms with Gasteiger partial charge in [0.2, 0.25) is 0 Å². The average Bonchev–Trinajstić information content (AvgIpc) is 1.98. The van der Waals surface area contributed by atoms with Crippen LogP contribution in [0, 0.1) is 0 Å². The SMILES string of the molecule is C=CSC(=NC)NCOC. The number of hydrogen-bond donors (Lipinski definition) is 1. The average molecular weight is 160 g/mol. The van der Waals surface area contributed by atoms with Crippen molar-refractivity contribution in [2.24, 2.45) is 4.99 Å². The molecule has 1 N–H and O–H groups in total. The number of nitrogens with one attached hydrogen (secondary N) is 1. The van der Waals surface area contributed by atoms with Crippen molar-refractivity contribution in [1.29, 1.82) is 0 Å². The summed E-state index contributed by atoms with van der Waals surface area (Å²) < 4.78 is 4.78. The Morgan fingerprint density at radius 1 is 1.90 bits per heavy atom. The van der Waals surface area contributed by atoms with E-state index in [1.54, 1.807) is 19.6 Å². The fraction of sp³-hybridized carbons (Fsp3) is 0.500. The van der Waals surface area contributed by atoms with E-state index in [-0.39, 0.29) is 0 Å². The van der Waals surface area contributed by atoms with Gasteiger partial charge in [-0.15, -0.1) is 0 Å². The summed E-state index contributed by atoms with van der Waals surface area (Å²) in [6.07, 6.45) is 0. The fourth-order valence-electron chi connectivity index (χ4n) is 0.386. The number of methoxy groups -OCH3 is 1. The van der Waals surface area contributed by atoms with Crippen LogP contribution in [0.1, 0.15) is 0 Å². The van der Waals surface area contributed by atoms with Gasteiger partial charge in [0.1, 0.15) is 6.73 Å². The molecule has 0 amide bonds. The molecule has 0 aromatic rings. The lowest BCUT2D eigenvalue weighted by Crippen LogP contribution is -2.21. The Labute approximate surface area is 65.6 Å². The van der Waals surface area contributed by atoms with Crippen LogP contribution < -0.4 is 5.32 Å². The van der Waals surface area contributed by atoms with Gasteiger partial charge in [0.15, 0.2) is 5.17 Å². The van der Waals surface area contributed by atoms with E-state index in [1.807, 2.05) is 0 Å². The third kappa shape index (κ3) is 4.40. The van der Waals surface area contributed by atoms with Crippen LogP contribution in [0.2, 0.25) is 0 Å². The molecule has 0 heterocycles. The zero-order chi connectivity index (χ0) is 7.82. The molecule has 0 radical (unpaired) electrons. The molecule has 0 rings (SSSR count). The number of hydrogen-bond acceptors (Lipinski definition) is 3. The van der Waals surface area contributed by atoms with Gasteiger partial charge in [0.05, 0.1) is 0 Å². The summed E-state index contributed by atoms with van der Waals surface area (Å²) in [4.78, 5) is 3.93. The second-order valence-electron chi connectivity index (χ2n) is 1.42. The minimum Gasteiger partial charge on any atom is -0.365 e. The van der Waals surface area contributed by atoms with E-state index in [1.165, 1.54) is 11.8 Å². The summed E-state index contributed by atoms with van der Waals surface area (Å²) in [7, 11) is 3.34. The topological polar surface area (TPSA) is 33.6 Å². The van der Waals surface area contributed by atoms with Gasteiger partial charge in [-0.2, -0.15) is 0 Å². The second-order valence-corrected chi connectivity index (χ2v) is 2.38. The molecule has 0 saturated heterocycles. The summed E-state index contributed by atoms with van der Waals surface area (Å²) in [5.74, 6) is 0. The van der Waals surface area contributed by atoms with Gasteiger partial charge in [-0.05, 0) is 5.41 Å². The van der Waals surface area contributed by atoms with Crippen molar-refractivity contribution in [2.45, 2.75) is 0 Å². The molecule has 0 aliphatic carbocycles. The zero-order valence-electron chi connectivity index (χ0n) is 6.26. The van der Waals surface area contributed by atoms with E-state index in [2.05, 4.69) is 16.9 Å². The van der Waals surface area contributed by atoms with Crippen molar-refractivity contribution in [2.75, 3.05) is 20.9 Å². The minimum atomic E-state index is 0.480. The van der Waals surface area contributed by atoms with Crippen molar-refractivity contribution < 1.29 is 4.74 Å². The van der Waals surface area contributed by atoms with Gasteiger partial charge in [-0.25, -0.2) is 0 Å². The van der Waals surface area contributed by atoms with Gasteiger partial charge in [0.25, 0.3) is 0 Å². The molecular weight excluding hydrogens is 148 g/mol. The molecule has 0 aromatic carbocycles. The lowest BCUT2D eigenvalue weighted by atomic mass is 11.1. The molecule has 0 atom stereocenters. The maximum atomic E-state index is 4.78. The lowest BCUT2D eigenvalue weighted by molar-refractivity contribution is 0.193. The quantitative estimate of drug-likeness (QED) is 0.380. The molecule has 10 heavy (non-hydrogen) atoms. The molecule has 0 saturated carbocycles. The Morgan fingerprint density at radius 3 is 3.00 bits per heavy atom. The van der Waals surface area contributed by atoms with E-state index < -0.39 is 0 Å². The van der Waals surface area contributed by atoms with Gasteiger partial charge >= 0.3 is 0 Å². The minimum absolute atomic E-state index is 0.480. The van der Waals surface area contributed by atoms with Crippen molar-refractivity contribution in [3.8, 4) is 0 Å². The van der Waals surface area contributed by atoms with Crippen LogP contribution in [-0.4, -0.2) is 26.1 Å². The number of aliphatic imine (C=N–C) groups is 1. The van der Waals surface area contributed by atoms with E-state index in [4.69, 9.17) is 4.74 Å². The Bertz CT molecular complexity index is 125. The number of amidine groups is 1. The normalized spacial score (nSPS) is 11.2. The first-order valence-electron chi connectivity index (χ1n) is 2.82. The summed E-state index contributed by atoms with van der Waals surface area (Å²) in [5, 5.41) is 5.47. The lowest BCUT2D eigenvalue weighted by Gasteiger charge is -2.03. The molecule has 0 aliphatic rings. The molecule has 58 valence electrons. The predicted octanol–water partition coefficient (Wildman–Crippen LogP) is 1.04. The highest BCUT2D eigenvalue weighted by molar-refractivity contribution is 8.16. The number of ether oxygens (including phenoxy) is 1. The molecule has 0 spiro atoms. The maximum absolute atomic E-state index is 4.78. The third-order valence-corrected chi connectivity index (χ3v) is 1.48. The first-order valence-corrected chi connectivity index (χ1v) is 3.70. The third-order valence-electron chi connectivity index (χ3n) is 0.766. The highest BCUT2D eigenvalue weighted by atomic mass is 32.2. The Hall–Kier alpha value is -0.480. The van der Waals surface area contributed by atoms with Crippen LogP contribution in [0.4, 0.5) is 0 Å². The van der Waals surface area contributed by atoms with E-state index in [0.29, 0.717) is 6.73 Å². The van der Waals surface area contributed by atoms with Crippen LogP contribution >= 0.6 is 11.8 Å². The molecule has 0 bridgehead atoms. The van der Waals surface area contributed by atoms with Crippen LogP contribution in [0.5, 0.6) is 0 Å². The van der Waals surface area contributed by atoms with Gasteiger partial charge in [-0.1, -0.05) is 18.3 Å². The molecule has 0 unspecified atom stereocenters. The van der Waals surface area contributed by atoms with Crippen LogP contribution in [0.25, 0.3) is 0 Å². The highest BCUT2D eigenvalue weighted by Crippen LogP contribution is 2.00.